The molecular weight excluding hydrogens is 251 g/mol. The minimum absolute atomic E-state index is 0.578. The molecule has 1 rings (SSSR count). The first-order chi connectivity index (χ1) is 8.11. The predicted molar refractivity (Wildman–Crippen MR) is 78.1 cm³/mol. The zero-order valence-electron chi connectivity index (χ0n) is 10.8. The van der Waals surface area contributed by atoms with E-state index in [9.17, 15) is 0 Å². The van der Waals surface area contributed by atoms with Crippen LogP contribution in [-0.2, 0) is 6.42 Å². The second-order valence-electron chi connectivity index (χ2n) is 5.18. The first-order valence-corrected chi connectivity index (χ1v) is 7.33. The fourth-order valence-corrected chi connectivity index (χ4v) is 2.52. The molecule has 0 aromatic heterocycles. The Kier molecular flexibility index (Phi) is 6.99. The third-order valence-corrected chi connectivity index (χ3v) is 3.70. The number of halogens is 2. The molecule has 0 N–H and O–H groups in total. The van der Waals surface area contributed by atoms with E-state index in [1.54, 1.807) is 0 Å². The van der Waals surface area contributed by atoms with E-state index >= 15 is 0 Å². The molecule has 0 aliphatic carbocycles. The predicted octanol–water partition coefficient (Wildman–Crippen LogP) is 5.56. The average molecular weight is 273 g/mol. The van der Waals surface area contributed by atoms with Gasteiger partial charge in [0, 0.05) is 10.9 Å². The van der Waals surface area contributed by atoms with E-state index in [1.807, 2.05) is 18.2 Å². The van der Waals surface area contributed by atoms with Crippen LogP contribution in [0.2, 0.25) is 5.02 Å². The minimum atomic E-state index is 0.578. The Morgan fingerprint density at radius 3 is 2.53 bits per heavy atom. The molecule has 2 heteroatoms. The molecule has 0 aliphatic heterocycles. The molecule has 1 aromatic carbocycles. The summed E-state index contributed by atoms with van der Waals surface area (Å²) in [7, 11) is 0. The maximum atomic E-state index is 6.04. The average Bonchev–Trinajstić information content (AvgIpc) is 2.27. The number of alkyl halides is 1. The largest absolute Gasteiger partial charge is 0.126 e. The number of rotatable bonds is 7. The summed E-state index contributed by atoms with van der Waals surface area (Å²) in [5.41, 5.74) is 1.30. The molecule has 0 bridgehead atoms. The summed E-state index contributed by atoms with van der Waals surface area (Å²) in [4.78, 5) is 0. The van der Waals surface area contributed by atoms with E-state index in [0.29, 0.717) is 5.92 Å². The van der Waals surface area contributed by atoms with E-state index in [4.69, 9.17) is 23.2 Å². The van der Waals surface area contributed by atoms with Crippen LogP contribution in [0, 0.1) is 11.8 Å². The van der Waals surface area contributed by atoms with Gasteiger partial charge in [0.05, 0.1) is 0 Å². The Hall–Kier alpha value is -0.200. The normalized spacial score (nSPS) is 13.0. The van der Waals surface area contributed by atoms with Crippen molar-refractivity contribution in [2.24, 2.45) is 11.8 Å². The van der Waals surface area contributed by atoms with E-state index < -0.39 is 0 Å². The lowest BCUT2D eigenvalue weighted by Gasteiger charge is -2.14. The summed E-state index contributed by atoms with van der Waals surface area (Å²) in [5.74, 6) is 2.11. The summed E-state index contributed by atoms with van der Waals surface area (Å²) >= 11 is 12.0. The van der Waals surface area contributed by atoms with Gasteiger partial charge < -0.3 is 0 Å². The molecule has 96 valence electrons. The van der Waals surface area contributed by atoms with Crippen LogP contribution in [0.15, 0.2) is 24.3 Å². The van der Waals surface area contributed by atoms with Crippen LogP contribution in [0.4, 0.5) is 0 Å². The van der Waals surface area contributed by atoms with Crippen molar-refractivity contribution >= 4 is 23.2 Å². The summed E-state index contributed by atoms with van der Waals surface area (Å²) < 4.78 is 0. The third-order valence-electron chi connectivity index (χ3n) is 3.03. The second kappa shape index (κ2) is 8.00. The van der Waals surface area contributed by atoms with Crippen molar-refractivity contribution in [3.05, 3.63) is 34.9 Å². The molecule has 0 spiro atoms. The van der Waals surface area contributed by atoms with Crippen molar-refractivity contribution in [1.82, 2.24) is 0 Å². The van der Waals surface area contributed by atoms with Crippen molar-refractivity contribution in [2.75, 3.05) is 5.88 Å². The zero-order valence-corrected chi connectivity index (χ0v) is 12.3. The van der Waals surface area contributed by atoms with Crippen molar-refractivity contribution in [1.29, 1.82) is 0 Å². The maximum absolute atomic E-state index is 6.04. The van der Waals surface area contributed by atoms with Crippen LogP contribution in [0.5, 0.6) is 0 Å². The minimum Gasteiger partial charge on any atom is -0.126 e. The first kappa shape index (κ1) is 14.9. The molecule has 0 amide bonds. The Morgan fingerprint density at radius 2 is 1.94 bits per heavy atom. The summed E-state index contributed by atoms with van der Waals surface area (Å²) in [6, 6.07) is 8.11. The van der Waals surface area contributed by atoms with Gasteiger partial charge in [0.1, 0.15) is 0 Å². The van der Waals surface area contributed by atoms with Gasteiger partial charge in [-0.15, -0.1) is 11.6 Å². The van der Waals surface area contributed by atoms with E-state index in [1.165, 1.54) is 24.8 Å². The summed E-state index contributed by atoms with van der Waals surface area (Å²) in [5, 5.41) is 0.818. The molecule has 0 heterocycles. The number of benzene rings is 1. The van der Waals surface area contributed by atoms with Crippen LogP contribution < -0.4 is 0 Å². The Balaban J connectivity index is 2.41. The third kappa shape index (κ3) is 6.33. The SMILES string of the molecule is CC(C)CCCC(CCl)Cc1cccc(Cl)c1. The topological polar surface area (TPSA) is 0 Å². The smallest absolute Gasteiger partial charge is 0.0408 e. The van der Waals surface area contributed by atoms with Crippen molar-refractivity contribution in [3.8, 4) is 0 Å². The fourth-order valence-electron chi connectivity index (χ4n) is 2.05. The highest BCUT2D eigenvalue weighted by Crippen LogP contribution is 2.20. The molecular formula is C15H22Cl2. The monoisotopic (exact) mass is 272 g/mol. The second-order valence-corrected chi connectivity index (χ2v) is 5.92. The van der Waals surface area contributed by atoms with Crippen LogP contribution in [0.3, 0.4) is 0 Å². The highest BCUT2D eigenvalue weighted by molar-refractivity contribution is 6.30. The van der Waals surface area contributed by atoms with Gasteiger partial charge in [-0.1, -0.05) is 50.4 Å². The highest BCUT2D eigenvalue weighted by Gasteiger charge is 2.09. The summed E-state index contributed by atoms with van der Waals surface area (Å²) in [6.45, 7) is 4.54. The molecule has 0 radical (unpaired) electrons. The molecule has 17 heavy (non-hydrogen) atoms. The molecule has 1 unspecified atom stereocenters. The van der Waals surface area contributed by atoms with E-state index in [0.717, 1.165) is 23.2 Å². The van der Waals surface area contributed by atoms with Crippen LogP contribution in [-0.4, -0.2) is 5.88 Å². The lowest BCUT2D eigenvalue weighted by molar-refractivity contribution is 0.459. The van der Waals surface area contributed by atoms with E-state index in [2.05, 4.69) is 19.9 Å². The Morgan fingerprint density at radius 1 is 1.18 bits per heavy atom. The van der Waals surface area contributed by atoms with Crippen molar-refractivity contribution in [2.45, 2.75) is 39.5 Å². The van der Waals surface area contributed by atoms with Crippen LogP contribution in [0.1, 0.15) is 38.7 Å². The molecule has 0 saturated carbocycles. The van der Waals surface area contributed by atoms with Gasteiger partial charge in [-0.05, 0) is 42.4 Å². The van der Waals surface area contributed by atoms with Gasteiger partial charge in [0.15, 0.2) is 0 Å². The van der Waals surface area contributed by atoms with Gasteiger partial charge >= 0.3 is 0 Å². The lowest BCUT2D eigenvalue weighted by Crippen LogP contribution is -2.07. The Labute approximate surface area is 115 Å². The van der Waals surface area contributed by atoms with Crippen LogP contribution in [0.25, 0.3) is 0 Å². The standard InChI is InChI=1S/C15H22Cl2/c1-12(2)5-3-7-14(11-16)9-13-6-4-8-15(17)10-13/h4,6,8,10,12,14H,3,5,7,9,11H2,1-2H3. The van der Waals surface area contributed by atoms with E-state index in [-0.39, 0.29) is 0 Å². The lowest BCUT2D eigenvalue weighted by atomic mass is 9.94. The number of hydrogen-bond donors (Lipinski definition) is 0. The van der Waals surface area contributed by atoms with Gasteiger partial charge in [0.2, 0.25) is 0 Å². The molecule has 1 atom stereocenters. The van der Waals surface area contributed by atoms with Gasteiger partial charge in [-0.25, -0.2) is 0 Å². The molecule has 0 aliphatic rings. The Bertz CT molecular complexity index is 320. The van der Waals surface area contributed by atoms with Crippen molar-refractivity contribution in [3.63, 3.8) is 0 Å². The number of hydrogen-bond acceptors (Lipinski definition) is 0. The molecule has 0 saturated heterocycles. The molecule has 0 nitrogen and oxygen atoms in total. The van der Waals surface area contributed by atoms with Gasteiger partial charge in [0.25, 0.3) is 0 Å². The molecule has 1 aromatic rings. The van der Waals surface area contributed by atoms with Gasteiger partial charge in [-0.2, -0.15) is 0 Å². The zero-order chi connectivity index (χ0) is 12.7. The van der Waals surface area contributed by atoms with Gasteiger partial charge in [-0.3, -0.25) is 0 Å². The summed E-state index contributed by atoms with van der Waals surface area (Å²) in [6.07, 6.45) is 4.83. The molecule has 0 fully saturated rings. The first-order valence-electron chi connectivity index (χ1n) is 6.42. The highest BCUT2D eigenvalue weighted by atomic mass is 35.5. The fraction of sp³-hybridized carbons (Fsp3) is 0.600. The maximum Gasteiger partial charge on any atom is 0.0408 e. The van der Waals surface area contributed by atoms with Crippen molar-refractivity contribution < 1.29 is 0 Å². The quantitative estimate of drug-likeness (QED) is 0.570. The van der Waals surface area contributed by atoms with Crippen LogP contribution >= 0.6 is 23.2 Å².